The van der Waals surface area contributed by atoms with Gasteiger partial charge in [0.25, 0.3) is 0 Å². The van der Waals surface area contributed by atoms with Gasteiger partial charge in [-0.25, -0.2) is 14.8 Å². The van der Waals surface area contributed by atoms with E-state index in [1.54, 1.807) is 27.0 Å². The number of ether oxygens (including phenoxy) is 1. The maximum Gasteiger partial charge on any atom is 0.325 e. The Bertz CT molecular complexity index is 903. The summed E-state index contributed by atoms with van der Waals surface area (Å²) < 4.78 is 5.89. The van der Waals surface area contributed by atoms with E-state index in [4.69, 9.17) is 4.74 Å². The molecule has 1 atom stereocenters. The number of amides is 3. The number of carbonyl (C=O) groups is 2. The van der Waals surface area contributed by atoms with E-state index in [1.165, 1.54) is 11.9 Å². The Balaban J connectivity index is 1.32. The van der Waals surface area contributed by atoms with E-state index in [0.717, 1.165) is 18.5 Å². The second kappa shape index (κ2) is 9.32. The average molecular weight is 424 g/mol. The van der Waals surface area contributed by atoms with Gasteiger partial charge in [-0.15, -0.1) is 0 Å². The van der Waals surface area contributed by atoms with Gasteiger partial charge in [-0.1, -0.05) is 26.0 Å². The fourth-order valence-corrected chi connectivity index (χ4v) is 4.05. The fraction of sp³-hybridized carbons (Fsp3) is 0.478. The van der Waals surface area contributed by atoms with Crippen LogP contribution in [0.2, 0.25) is 0 Å². The van der Waals surface area contributed by atoms with Crippen molar-refractivity contribution >= 4 is 17.6 Å². The van der Waals surface area contributed by atoms with E-state index < -0.39 is 0 Å². The number of hydrogen-bond donors (Lipinski definition) is 0. The van der Waals surface area contributed by atoms with Crippen LogP contribution in [-0.4, -0.2) is 70.5 Å². The van der Waals surface area contributed by atoms with Gasteiger partial charge in [-0.05, 0) is 36.5 Å². The van der Waals surface area contributed by atoms with E-state index in [0.29, 0.717) is 38.0 Å². The minimum Gasteiger partial charge on any atom is -0.472 e. The molecule has 3 heterocycles. The Morgan fingerprint density at radius 3 is 2.68 bits per heavy atom. The monoisotopic (exact) mass is 423 g/mol. The number of anilines is 1. The summed E-state index contributed by atoms with van der Waals surface area (Å²) in [5, 5.41) is 0. The highest BCUT2D eigenvalue weighted by molar-refractivity contribution is 5.96. The van der Waals surface area contributed by atoms with Crippen molar-refractivity contribution in [2.45, 2.75) is 38.7 Å². The lowest BCUT2D eigenvalue weighted by Crippen LogP contribution is -2.48. The van der Waals surface area contributed by atoms with Crippen LogP contribution in [0.3, 0.4) is 0 Å². The minimum atomic E-state index is -0.114. The number of likely N-dealkylation sites (tertiary alicyclic amines) is 1. The molecule has 8 nitrogen and oxygen atoms in total. The number of piperidine rings is 1. The Hall–Kier alpha value is -3.16. The van der Waals surface area contributed by atoms with Gasteiger partial charge in [0.15, 0.2) is 0 Å². The molecule has 0 N–H and O–H groups in total. The fourth-order valence-electron chi connectivity index (χ4n) is 4.05. The van der Waals surface area contributed by atoms with Crippen LogP contribution in [0.5, 0.6) is 5.88 Å². The summed E-state index contributed by atoms with van der Waals surface area (Å²) >= 11 is 0. The molecular formula is C23H29N5O3. The Kier molecular flexibility index (Phi) is 6.34. The molecule has 3 amide bonds. The molecule has 2 aliphatic heterocycles. The van der Waals surface area contributed by atoms with Crippen LogP contribution in [0.15, 0.2) is 42.9 Å². The van der Waals surface area contributed by atoms with Gasteiger partial charge >= 0.3 is 6.03 Å². The lowest BCUT2D eigenvalue weighted by Gasteiger charge is -2.33. The lowest BCUT2D eigenvalue weighted by atomic mass is 10.0. The third-order valence-corrected chi connectivity index (χ3v) is 5.87. The number of hydrogen-bond acceptors (Lipinski definition) is 5. The summed E-state index contributed by atoms with van der Waals surface area (Å²) in [6.45, 7) is 6.72. The van der Waals surface area contributed by atoms with Gasteiger partial charge in [-0.3, -0.25) is 9.69 Å². The van der Waals surface area contributed by atoms with Crippen molar-refractivity contribution in [3.63, 3.8) is 0 Å². The summed E-state index contributed by atoms with van der Waals surface area (Å²) in [5.41, 5.74) is 2.12. The molecule has 0 aliphatic carbocycles. The SMILES string of the molecule is CC(C)c1ccc(N2CCN(CC(=O)N3CCCC(Oc4ccncn4)C3)C2=O)cc1. The first-order valence-corrected chi connectivity index (χ1v) is 10.9. The first kappa shape index (κ1) is 21.1. The molecule has 4 rings (SSSR count). The molecule has 164 valence electrons. The molecule has 2 saturated heterocycles. The van der Waals surface area contributed by atoms with E-state index in [9.17, 15) is 9.59 Å². The number of carbonyl (C=O) groups excluding carboxylic acids is 2. The largest absolute Gasteiger partial charge is 0.472 e. The molecule has 2 aromatic rings. The number of urea groups is 1. The normalized spacial score (nSPS) is 19.3. The van der Waals surface area contributed by atoms with E-state index in [1.807, 2.05) is 12.1 Å². The predicted molar refractivity (Wildman–Crippen MR) is 117 cm³/mol. The minimum absolute atomic E-state index is 0.0404. The maximum absolute atomic E-state index is 12.9. The second-order valence-corrected chi connectivity index (χ2v) is 8.37. The van der Waals surface area contributed by atoms with Gasteiger partial charge < -0.3 is 14.5 Å². The summed E-state index contributed by atoms with van der Waals surface area (Å²) in [6.07, 6.45) is 4.72. The molecule has 2 fully saturated rings. The summed E-state index contributed by atoms with van der Waals surface area (Å²) in [6, 6.07) is 9.69. The summed E-state index contributed by atoms with van der Waals surface area (Å²) in [4.78, 5) is 38.9. The van der Waals surface area contributed by atoms with Crippen LogP contribution in [0.1, 0.15) is 38.2 Å². The molecule has 0 bridgehead atoms. The molecule has 31 heavy (non-hydrogen) atoms. The first-order chi connectivity index (χ1) is 15.0. The van der Waals surface area contributed by atoms with Crippen molar-refractivity contribution in [3.8, 4) is 5.88 Å². The molecule has 2 aliphatic rings. The van der Waals surface area contributed by atoms with Gasteiger partial charge in [0, 0.05) is 37.6 Å². The van der Waals surface area contributed by atoms with Crippen molar-refractivity contribution in [1.29, 1.82) is 0 Å². The van der Waals surface area contributed by atoms with Crippen LogP contribution < -0.4 is 9.64 Å². The van der Waals surface area contributed by atoms with Crippen LogP contribution in [-0.2, 0) is 4.79 Å². The van der Waals surface area contributed by atoms with Gasteiger partial charge in [0.1, 0.15) is 19.0 Å². The molecule has 0 radical (unpaired) electrons. The first-order valence-electron chi connectivity index (χ1n) is 10.9. The Labute approximate surface area is 182 Å². The van der Waals surface area contributed by atoms with E-state index >= 15 is 0 Å². The highest BCUT2D eigenvalue weighted by atomic mass is 16.5. The summed E-state index contributed by atoms with van der Waals surface area (Å²) in [5.74, 6) is 0.925. The maximum atomic E-state index is 12.9. The molecule has 1 unspecified atom stereocenters. The van der Waals surface area contributed by atoms with E-state index in [-0.39, 0.29) is 24.6 Å². The summed E-state index contributed by atoms with van der Waals surface area (Å²) in [7, 11) is 0. The number of aromatic nitrogens is 2. The number of benzene rings is 1. The lowest BCUT2D eigenvalue weighted by molar-refractivity contribution is -0.134. The highest BCUT2D eigenvalue weighted by Gasteiger charge is 2.33. The average Bonchev–Trinajstić information content (AvgIpc) is 3.14. The van der Waals surface area contributed by atoms with Gasteiger partial charge in [0.05, 0.1) is 6.54 Å². The molecule has 8 heteroatoms. The molecule has 1 aromatic carbocycles. The molecular weight excluding hydrogens is 394 g/mol. The van der Waals surface area contributed by atoms with Crippen LogP contribution in [0.4, 0.5) is 10.5 Å². The van der Waals surface area contributed by atoms with Gasteiger partial charge in [0.2, 0.25) is 11.8 Å². The molecule has 0 spiro atoms. The zero-order chi connectivity index (χ0) is 21.8. The smallest absolute Gasteiger partial charge is 0.325 e. The zero-order valence-electron chi connectivity index (χ0n) is 18.1. The van der Waals surface area contributed by atoms with Crippen molar-refractivity contribution < 1.29 is 14.3 Å². The molecule has 0 saturated carbocycles. The number of rotatable bonds is 6. The van der Waals surface area contributed by atoms with Crippen molar-refractivity contribution in [1.82, 2.24) is 19.8 Å². The molecule has 1 aromatic heterocycles. The van der Waals surface area contributed by atoms with Crippen molar-refractivity contribution in [2.24, 2.45) is 0 Å². The predicted octanol–water partition coefficient (Wildman–Crippen LogP) is 2.91. The highest BCUT2D eigenvalue weighted by Crippen LogP contribution is 2.24. The van der Waals surface area contributed by atoms with Crippen molar-refractivity contribution in [3.05, 3.63) is 48.4 Å². The van der Waals surface area contributed by atoms with E-state index in [2.05, 4.69) is 35.9 Å². The third kappa shape index (κ3) is 4.95. The van der Waals surface area contributed by atoms with Gasteiger partial charge in [-0.2, -0.15) is 0 Å². The van der Waals surface area contributed by atoms with Crippen LogP contribution in [0, 0.1) is 0 Å². The van der Waals surface area contributed by atoms with Crippen molar-refractivity contribution in [2.75, 3.05) is 37.6 Å². The Morgan fingerprint density at radius 1 is 1.16 bits per heavy atom. The topological polar surface area (TPSA) is 78.9 Å². The number of nitrogens with zero attached hydrogens (tertiary/aromatic N) is 5. The zero-order valence-corrected chi connectivity index (χ0v) is 18.1. The standard InChI is InChI=1S/C23H29N5O3/c1-17(2)18-5-7-19(8-6-18)28-13-12-27(23(28)30)15-22(29)26-11-3-4-20(14-26)31-21-9-10-24-16-25-21/h5-10,16-17,20H,3-4,11-15H2,1-2H3. The quantitative estimate of drug-likeness (QED) is 0.714. The Morgan fingerprint density at radius 2 is 1.97 bits per heavy atom. The second-order valence-electron chi connectivity index (χ2n) is 8.37. The third-order valence-electron chi connectivity index (χ3n) is 5.87. The van der Waals surface area contributed by atoms with Crippen LogP contribution >= 0.6 is 0 Å². The van der Waals surface area contributed by atoms with Crippen LogP contribution in [0.25, 0.3) is 0 Å².